The van der Waals surface area contributed by atoms with Crippen LogP contribution in [0.1, 0.15) is 11.1 Å². The summed E-state index contributed by atoms with van der Waals surface area (Å²) in [4.78, 5) is 9.99. The van der Waals surface area contributed by atoms with E-state index in [-0.39, 0.29) is 5.69 Å². The van der Waals surface area contributed by atoms with E-state index >= 15 is 0 Å². The second-order valence-electron chi connectivity index (χ2n) is 3.42. The molecule has 0 saturated heterocycles. The Morgan fingerprint density at radius 1 is 1.47 bits per heavy atom. The summed E-state index contributed by atoms with van der Waals surface area (Å²) in [5, 5.41) is 23.3. The highest BCUT2D eigenvalue weighted by atomic mass is 16.6. The molecular formula is C11H8N4O2. The molecule has 0 radical (unpaired) electrons. The van der Waals surface area contributed by atoms with Crippen LogP contribution in [0.5, 0.6) is 0 Å². The van der Waals surface area contributed by atoms with Crippen LogP contribution >= 0.6 is 0 Å². The van der Waals surface area contributed by atoms with E-state index in [2.05, 4.69) is 11.2 Å². The standard InChI is InChI=1S/C11H8N4O2/c12-5-9-3-1-2-4-10(9)7-14-8-11(6-13-14)15(16)17/h1-4,6,8H,7H2. The summed E-state index contributed by atoms with van der Waals surface area (Å²) in [6, 6.07) is 9.15. The molecule has 0 N–H and O–H groups in total. The first-order chi connectivity index (χ1) is 8.20. The third-order valence-corrected chi connectivity index (χ3v) is 2.30. The van der Waals surface area contributed by atoms with Crippen LogP contribution in [0.3, 0.4) is 0 Å². The number of aromatic nitrogens is 2. The second-order valence-corrected chi connectivity index (χ2v) is 3.42. The van der Waals surface area contributed by atoms with Crippen LogP contribution in [0.4, 0.5) is 5.69 Å². The predicted molar refractivity (Wildman–Crippen MR) is 59.1 cm³/mol. The lowest BCUT2D eigenvalue weighted by Crippen LogP contribution is -2.01. The van der Waals surface area contributed by atoms with Gasteiger partial charge in [-0.25, -0.2) is 0 Å². The lowest BCUT2D eigenvalue weighted by Gasteiger charge is -2.02. The number of rotatable bonds is 3. The topological polar surface area (TPSA) is 84.8 Å². The molecule has 1 aromatic heterocycles. The largest absolute Gasteiger partial charge is 0.307 e. The van der Waals surface area contributed by atoms with Gasteiger partial charge in [0.25, 0.3) is 0 Å². The third kappa shape index (κ3) is 2.29. The SMILES string of the molecule is N#Cc1ccccc1Cn1cc([N+](=O)[O-])cn1. The molecule has 6 heteroatoms. The molecule has 0 amide bonds. The first kappa shape index (κ1) is 10.8. The monoisotopic (exact) mass is 228 g/mol. The van der Waals surface area contributed by atoms with E-state index in [1.165, 1.54) is 17.1 Å². The highest BCUT2D eigenvalue weighted by Gasteiger charge is 2.09. The Hall–Kier alpha value is -2.68. The molecule has 1 heterocycles. The maximum atomic E-state index is 10.5. The molecule has 84 valence electrons. The van der Waals surface area contributed by atoms with Crippen molar-refractivity contribution < 1.29 is 4.92 Å². The van der Waals surface area contributed by atoms with Gasteiger partial charge in [-0.3, -0.25) is 14.8 Å². The van der Waals surface area contributed by atoms with Crippen molar-refractivity contribution in [1.82, 2.24) is 9.78 Å². The lowest BCUT2D eigenvalue weighted by atomic mass is 10.1. The van der Waals surface area contributed by atoms with Crippen molar-refractivity contribution in [2.45, 2.75) is 6.54 Å². The maximum Gasteiger partial charge on any atom is 0.307 e. The van der Waals surface area contributed by atoms with Gasteiger partial charge in [0.15, 0.2) is 0 Å². The van der Waals surface area contributed by atoms with Crippen molar-refractivity contribution in [2.75, 3.05) is 0 Å². The van der Waals surface area contributed by atoms with Crippen LogP contribution in [-0.4, -0.2) is 14.7 Å². The molecule has 2 aromatic rings. The summed E-state index contributed by atoms with van der Waals surface area (Å²) < 4.78 is 1.44. The Kier molecular flexibility index (Phi) is 2.83. The third-order valence-electron chi connectivity index (χ3n) is 2.30. The first-order valence-electron chi connectivity index (χ1n) is 4.85. The molecule has 0 saturated carbocycles. The normalized spacial score (nSPS) is 9.82. The molecule has 0 unspecified atom stereocenters. The molecule has 0 spiro atoms. The number of benzene rings is 1. The summed E-state index contributed by atoms with van der Waals surface area (Å²) >= 11 is 0. The van der Waals surface area contributed by atoms with Crippen molar-refractivity contribution in [2.24, 2.45) is 0 Å². The smallest absolute Gasteiger partial charge is 0.261 e. The summed E-state index contributed by atoms with van der Waals surface area (Å²) in [5.74, 6) is 0. The minimum atomic E-state index is -0.500. The molecule has 1 aromatic carbocycles. The molecule has 0 fully saturated rings. The van der Waals surface area contributed by atoms with Gasteiger partial charge in [-0.05, 0) is 11.6 Å². The molecular weight excluding hydrogens is 220 g/mol. The van der Waals surface area contributed by atoms with E-state index in [0.29, 0.717) is 12.1 Å². The fraction of sp³-hybridized carbons (Fsp3) is 0.0909. The molecule has 0 aliphatic rings. The molecule has 0 bridgehead atoms. The Balaban J connectivity index is 2.26. The van der Waals surface area contributed by atoms with Gasteiger partial charge in [0.1, 0.15) is 12.4 Å². The Morgan fingerprint density at radius 3 is 2.88 bits per heavy atom. The summed E-state index contributed by atoms with van der Waals surface area (Å²) in [6.07, 6.45) is 2.53. The van der Waals surface area contributed by atoms with E-state index in [1.54, 1.807) is 18.2 Å². The zero-order valence-electron chi connectivity index (χ0n) is 8.78. The van der Waals surface area contributed by atoms with Crippen LogP contribution in [0.15, 0.2) is 36.7 Å². The Morgan fingerprint density at radius 2 is 2.24 bits per heavy atom. The van der Waals surface area contributed by atoms with E-state index in [9.17, 15) is 10.1 Å². The van der Waals surface area contributed by atoms with Crippen molar-refractivity contribution >= 4 is 5.69 Å². The van der Waals surface area contributed by atoms with Crippen molar-refractivity contribution in [3.63, 3.8) is 0 Å². The molecule has 0 aliphatic carbocycles. The summed E-state index contributed by atoms with van der Waals surface area (Å²) in [7, 11) is 0. The maximum absolute atomic E-state index is 10.5. The molecule has 2 rings (SSSR count). The molecule has 6 nitrogen and oxygen atoms in total. The number of hydrogen-bond acceptors (Lipinski definition) is 4. The number of nitrogens with zero attached hydrogens (tertiary/aromatic N) is 4. The van der Waals surface area contributed by atoms with Gasteiger partial charge in [0, 0.05) is 0 Å². The predicted octanol–water partition coefficient (Wildman–Crippen LogP) is 1.71. The average Bonchev–Trinajstić information content (AvgIpc) is 2.78. The zero-order valence-corrected chi connectivity index (χ0v) is 8.78. The van der Waals surface area contributed by atoms with Crippen LogP contribution in [-0.2, 0) is 6.54 Å². The van der Waals surface area contributed by atoms with Gasteiger partial charge in [0.2, 0.25) is 0 Å². The highest BCUT2D eigenvalue weighted by Crippen LogP contribution is 2.12. The van der Waals surface area contributed by atoms with E-state index in [0.717, 1.165) is 5.56 Å². The first-order valence-corrected chi connectivity index (χ1v) is 4.85. The van der Waals surface area contributed by atoms with Crippen LogP contribution in [0.2, 0.25) is 0 Å². The van der Waals surface area contributed by atoms with E-state index < -0.39 is 4.92 Å². The summed E-state index contributed by atoms with van der Waals surface area (Å²) in [5.41, 5.74) is 1.28. The van der Waals surface area contributed by atoms with E-state index in [4.69, 9.17) is 5.26 Å². The quantitative estimate of drug-likeness (QED) is 0.591. The fourth-order valence-corrected chi connectivity index (χ4v) is 1.48. The van der Waals surface area contributed by atoms with Crippen molar-refractivity contribution in [1.29, 1.82) is 5.26 Å². The van der Waals surface area contributed by atoms with Gasteiger partial charge >= 0.3 is 5.69 Å². The molecule has 0 atom stereocenters. The highest BCUT2D eigenvalue weighted by molar-refractivity contribution is 5.37. The van der Waals surface area contributed by atoms with Gasteiger partial charge in [-0.1, -0.05) is 18.2 Å². The van der Waals surface area contributed by atoms with Gasteiger partial charge in [-0.15, -0.1) is 0 Å². The Bertz CT molecular complexity index is 598. The van der Waals surface area contributed by atoms with Crippen molar-refractivity contribution in [3.8, 4) is 6.07 Å². The Labute approximate surface area is 96.9 Å². The number of nitro groups is 1. The fourth-order valence-electron chi connectivity index (χ4n) is 1.48. The van der Waals surface area contributed by atoms with Crippen molar-refractivity contribution in [3.05, 3.63) is 57.9 Å². The number of nitriles is 1. The van der Waals surface area contributed by atoms with Gasteiger partial charge in [0.05, 0.1) is 23.1 Å². The number of hydrogen-bond donors (Lipinski definition) is 0. The van der Waals surface area contributed by atoms with Crippen LogP contribution in [0.25, 0.3) is 0 Å². The van der Waals surface area contributed by atoms with Gasteiger partial charge in [-0.2, -0.15) is 10.4 Å². The second kappa shape index (κ2) is 4.45. The minimum absolute atomic E-state index is 0.0561. The molecule has 0 aliphatic heterocycles. The minimum Gasteiger partial charge on any atom is -0.261 e. The summed E-state index contributed by atoms with van der Waals surface area (Å²) in [6.45, 7) is 0.345. The van der Waals surface area contributed by atoms with Crippen LogP contribution < -0.4 is 0 Å². The van der Waals surface area contributed by atoms with Gasteiger partial charge < -0.3 is 0 Å². The van der Waals surface area contributed by atoms with E-state index in [1.807, 2.05) is 6.07 Å². The average molecular weight is 228 g/mol. The van der Waals surface area contributed by atoms with Crippen LogP contribution in [0, 0.1) is 21.4 Å². The lowest BCUT2D eigenvalue weighted by molar-refractivity contribution is -0.385. The molecule has 17 heavy (non-hydrogen) atoms. The zero-order chi connectivity index (χ0) is 12.3.